The second kappa shape index (κ2) is 13.7. The Bertz CT molecular complexity index is 799. The van der Waals surface area contributed by atoms with Gasteiger partial charge in [-0.25, -0.2) is 9.97 Å². The fourth-order valence-corrected chi connectivity index (χ4v) is 4.52. The number of aromatic nitrogens is 5. The highest BCUT2D eigenvalue weighted by atomic mass is 15.4. The van der Waals surface area contributed by atoms with E-state index in [2.05, 4.69) is 29.6 Å². The minimum Gasteiger partial charge on any atom is -0.344 e. The molecule has 3 aliphatic rings. The molecule has 2 aromatic heterocycles. The SMILES string of the molecule is N.N.N.N.[HH].[HH].[HH].[HH].c1cnc(N2CCN(c3nc(N4CCCCC4)nc(N4CCCCC4)n3)CC2)nc1. The van der Waals surface area contributed by atoms with Gasteiger partial charge in [0.05, 0.1) is 0 Å². The van der Waals surface area contributed by atoms with Crippen LogP contribution in [0.1, 0.15) is 44.2 Å². The molecule has 13 nitrogen and oxygen atoms in total. The number of rotatable bonds is 4. The molecule has 5 rings (SSSR count). The molecular weight excluding hydrogens is 434 g/mol. The average molecular weight is 486 g/mol. The maximum atomic E-state index is 4.93. The van der Waals surface area contributed by atoms with Crippen LogP contribution in [-0.4, -0.2) is 77.3 Å². The maximum Gasteiger partial charge on any atom is 0.232 e. The van der Waals surface area contributed by atoms with Crippen LogP contribution in [0.4, 0.5) is 23.8 Å². The maximum absolute atomic E-state index is 4.93. The van der Waals surface area contributed by atoms with Crippen molar-refractivity contribution in [3.63, 3.8) is 0 Å². The highest BCUT2D eigenvalue weighted by Gasteiger charge is 2.25. The van der Waals surface area contributed by atoms with Crippen molar-refractivity contribution in [2.75, 3.05) is 72.0 Å². The number of nitrogens with zero attached hydrogens (tertiary/aromatic N) is 9. The smallest absolute Gasteiger partial charge is 0.232 e. The minimum atomic E-state index is 0. The molecule has 0 bridgehead atoms. The van der Waals surface area contributed by atoms with Crippen LogP contribution >= 0.6 is 0 Å². The molecule has 3 saturated heterocycles. The van der Waals surface area contributed by atoms with Crippen LogP contribution in [0.5, 0.6) is 0 Å². The summed E-state index contributed by atoms with van der Waals surface area (Å²) in [7, 11) is 0. The zero-order valence-corrected chi connectivity index (χ0v) is 20.5. The molecule has 0 atom stereocenters. The van der Waals surface area contributed by atoms with E-state index in [0.29, 0.717) is 0 Å². The van der Waals surface area contributed by atoms with Gasteiger partial charge < -0.3 is 44.2 Å². The van der Waals surface area contributed by atoms with E-state index in [1.807, 2.05) is 6.07 Å². The quantitative estimate of drug-likeness (QED) is 0.486. The Morgan fingerprint density at radius 3 is 1.15 bits per heavy atom. The van der Waals surface area contributed by atoms with E-state index in [9.17, 15) is 0 Å². The van der Waals surface area contributed by atoms with Crippen molar-refractivity contribution >= 4 is 23.8 Å². The lowest BCUT2D eigenvalue weighted by atomic mass is 10.1. The minimum absolute atomic E-state index is 0. The van der Waals surface area contributed by atoms with Gasteiger partial charge in [-0.3, -0.25) is 0 Å². The molecule has 0 unspecified atom stereocenters. The Balaban J connectivity index is -0.000000722. The first kappa shape index (κ1) is 29.2. The molecule has 0 aliphatic carbocycles. The first-order valence-electron chi connectivity index (χ1n) is 11.4. The lowest BCUT2D eigenvalue weighted by Gasteiger charge is -2.36. The van der Waals surface area contributed by atoms with Gasteiger partial charge in [0, 0.05) is 70.5 Å². The van der Waals surface area contributed by atoms with E-state index < -0.39 is 0 Å². The molecule has 2 aromatic rings. The Morgan fingerprint density at radius 2 is 0.765 bits per heavy atom. The van der Waals surface area contributed by atoms with Crippen LogP contribution in [-0.2, 0) is 0 Å². The second-order valence-corrected chi connectivity index (χ2v) is 8.35. The molecule has 34 heavy (non-hydrogen) atoms. The highest BCUT2D eigenvalue weighted by Crippen LogP contribution is 2.24. The molecule has 0 saturated carbocycles. The lowest BCUT2D eigenvalue weighted by Crippen LogP contribution is -2.48. The van der Waals surface area contributed by atoms with Crippen LogP contribution in [0, 0.1) is 0 Å². The molecule has 0 aromatic carbocycles. The van der Waals surface area contributed by atoms with Crippen LogP contribution in [0.25, 0.3) is 0 Å². The average Bonchev–Trinajstić information content (AvgIpc) is 2.85. The summed E-state index contributed by atoms with van der Waals surface area (Å²) in [6.45, 7) is 7.64. The van der Waals surface area contributed by atoms with Crippen molar-refractivity contribution in [1.82, 2.24) is 49.5 Å². The van der Waals surface area contributed by atoms with E-state index in [1.54, 1.807) is 12.4 Å². The first-order valence-corrected chi connectivity index (χ1v) is 11.4. The van der Waals surface area contributed by atoms with Crippen molar-refractivity contribution in [3.05, 3.63) is 18.5 Å². The topological polar surface area (TPSA) is 217 Å². The van der Waals surface area contributed by atoms with E-state index in [1.165, 1.54) is 38.5 Å². The third-order valence-corrected chi connectivity index (χ3v) is 6.28. The van der Waals surface area contributed by atoms with Gasteiger partial charge in [0.25, 0.3) is 0 Å². The van der Waals surface area contributed by atoms with Gasteiger partial charge in [0.1, 0.15) is 0 Å². The molecule has 3 aliphatic heterocycles. The fraction of sp³-hybridized carbons (Fsp3) is 0.667. The normalized spacial score (nSPS) is 18.1. The summed E-state index contributed by atoms with van der Waals surface area (Å²) in [6, 6.07) is 1.86. The van der Waals surface area contributed by atoms with Crippen LogP contribution in [0.2, 0.25) is 0 Å². The number of piperidine rings is 2. The monoisotopic (exact) mass is 485 g/mol. The van der Waals surface area contributed by atoms with Gasteiger partial charge in [-0.1, -0.05) is 0 Å². The summed E-state index contributed by atoms with van der Waals surface area (Å²) >= 11 is 0. The predicted octanol–water partition coefficient (Wildman–Crippen LogP) is 3.60. The fourth-order valence-electron chi connectivity index (χ4n) is 4.52. The van der Waals surface area contributed by atoms with Gasteiger partial charge in [0.15, 0.2) is 0 Å². The zero-order chi connectivity index (χ0) is 20.2. The third kappa shape index (κ3) is 6.59. The Labute approximate surface area is 208 Å². The van der Waals surface area contributed by atoms with E-state index in [4.69, 9.17) is 15.0 Å². The van der Waals surface area contributed by atoms with Crippen LogP contribution in [0.15, 0.2) is 18.5 Å². The summed E-state index contributed by atoms with van der Waals surface area (Å²) in [5.74, 6) is 3.33. The van der Waals surface area contributed by atoms with E-state index in [-0.39, 0.29) is 30.3 Å². The van der Waals surface area contributed by atoms with Crippen molar-refractivity contribution in [3.8, 4) is 0 Å². The Hall–Kier alpha value is -2.87. The molecular formula is C21H51N13. The summed E-state index contributed by atoms with van der Waals surface area (Å²) in [5, 5.41) is 0. The number of hydrogen-bond donors (Lipinski definition) is 4. The molecule has 12 N–H and O–H groups in total. The van der Waals surface area contributed by atoms with Gasteiger partial charge in [0.2, 0.25) is 23.8 Å². The van der Waals surface area contributed by atoms with Crippen molar-refractivity contribution in [1.29, 1.82) is 0 Å². The molecule has 0 amide bonds. The van der Waals surface area contributed by atoms with Gasteiger partial charge in [-0.2, -0.15) is 15.0 Å². The van der Waals surface area contributed by atoms with Gasteiger partial charge in [-0.15, -0.1) is 0 Å². The van der Waals surface area contributed by atoms with Crippen molar-refractivity contribution < 1.29 is 5.71 Å². The van der Waals surface area contributed by atoms with Gasteiger partial charge >= 0.3 is 0 Å². The standard InChI is InChI=1S/C21H31N9.4H3N.4H2/c1-3-10-27(11-4-1)19-24-20(28-12-5-2-6-13-28)26-21(25-19)30-16-14-29(15-17-30)18-22-8-7-9-23-18;;;;;;;;/h7-9H,1-6,10-17H2;4*1H3;4*1H. The van der Waals surface area contributed by atoms with E-state index >= 15 is 0 Å². The second-order valence-electron chi connectivity index (χ2n) is 8.35. The first-order chi connectivity index (χ1) is 14.9. The molecule has 0 spiro atoms. The summed E-state index contributed by atoms with van der Waals surface area (Å²) in [4.78, 5) is 32.8. The molecule has 3 fully saturated rings. The molecule has 200 valence electrons. The largest absolute Gasteiger partial charge is 0.344 e. The van der Waals surface area contributed by atoms with Crippen LogP contribution in [0.3, 0.4) is 0 Å². The zero-order valence-electron chi connectivity index (χ0n) is 20.5. The molecule has 5 heterocycles. The predicted molar refractivity (Wildman–Crippen MR) is 147 cm³/mol. The molecule has 0 radical (unpaired) electrons. The van der Waals surface area contributed by atoms with Crippen molar-refractivity contribution in [2.45, 2.75) is 38.5 Å². The summed E-state index contributed by atoms with van der Waals surface area (Å²) in [6.07, 6.45) is 11.1. The number of hydrogen-bond acceptors (Lipinski definition) is 13. The number of piperazine rings is 1. The summed E-state index contributed by atoms with van der Waals surface area (Å²) < 4.78 is 0. The van der Waals surface area contributed by atoms with Gasteiger partial charge in [-0.05, 0) is 44.6 Å². The van der Waals surface area contributed by atoms with Crippen LogP contribution < -0.4 is 44.2 Å². The van der Waals surface area contributed by atoms with E-state index in [0.717, 1.165) is 76.2 Å². The molecule has 13 heteroatoms. The highest BCUT2D eigenvalue weighted by molar-refractivity contribution is 5.48. The van der Waals surface area contributed by atoms with Crippen molar-refractivity contribution in [2.24, 2.45) is 0 Å². The number of anilines is 4. The Kier molecular flexibility index (Phi) is 11.8. The lowest BCUT2D eigenvalue weighted by molar-refractivity contribution is 0.553. The summed E-state index contributed by atoms with van der Waals surface area (Å²) in [5.41, 5.74) is 0. The Morgan fingerprint density at radius 1 is 0.441 bits per heavy atom. The third-order valence-electron chi connectivity index (χ3n) is 6.28.